The van der Waals surface area contributed by atoms with Gasteiger partial charge in [-0.1, -0.05) is 13.3 Å². The topological polar surface area (TPSA) is 74.7 Å². The number of carboxylic acids is 1. The molecule has 17 heavy (non-hydrogen) atoms. The normalized spacial score (nSPS) is 23.2. The van der Waals surface area contributed by atoms with E-state index in [1.165, 1.54) is 4.31 Å². The number of hydrogen-bond acceptors (Lipinski definition) is 3. The summed E-state index contributed by atoms with van der Waals surface area (Å²) in [6.07, 6.45) is 3.62. The molecule has 0 aromatic heterocycles. The number of aliphatic carboxylic acids is 1. The maximum absolute atomic E-state index is 11.9. The second-order valence-electron chi connectivity index (χ2n) is 4.56. The van der Waals surface area contributed by atoms with Crippen molar-refractivity contribution in [3.8, 4) is 0 Å². The Kier molecular flexibility index (Phi) is 5.39. The van der Waals surface area contributed by atoms with Crippen LogP contribution < -0.4 is 0 Å². The van der Waals surface area contributed by atoms with Crippen molar-refractivity contribution in [3.63, 3.8) is 0 Å². The molecule has 0 radical (unpaired) electrons. The predicted octanol–water partition coefficient (Wildman–Crippen LogP) is 1.30. The summed E-state index contributed by atoms with van der Waals surface area (Å²) in [6.45, 7) is 3.21. The van der Waals surface area contributed by atoms with Crippen LogP contribution in [-0.4, -0.2) is 42.6 Å². The highest BCUT2D eigenvalue weighted by Gasteiger charge is 2.25. The summed E-state index contributed by atoms with van der Waals surface area (Å²) in [5, 5.41) is 8.53. The standard InChI is InChI=1S/C11H21NO4S/c1-2-10-4-3-7-12(8-5-10)17(15,16)9-6-11(13)14/h10H,2-9H2,1H3,(H,13,14). The van der Waals surface area contributed by atoms with Crippen LogP contribution in [0.15, 0.2) is 0 Å². The molecule has 1 N–H and O–H groups in total. The van der Waals surface area contributed by atoms with Crippen LogP contribution in [0.2, 0.25) is 0 Å². The SMILES string of the molecule is CCC1CCCN(S(=O)(=O)CCC(=O)O)CC1. The lowest BCUT2D eigenvalue weighted by molar-refractivity contribution is -0.136. The Morgan fingerprint density at radius 2 is 2.06 bits per heavy atom. The molecule has 0 aromatic carbocycles. The van der Waals surface area contributed by atoms with Gasteiger partial charge in [0.25, 0.3) is 0 Å². The van der Waals surface area contributed by atoms with Gasteiger partial charge in [0.2, 0.25) is 10.0 Å². The number of hydrogen-bond donors (Lipinski definition) is 1. The molecule has 1 aliphatic rings. The van der Waals surface area contributed by atoms with Crippen molar-refractivity contribution in [1.82, 2.24) is 4.31 Å². The van der Waals surface area contributed by atoms with E-state index in [0.717, 1.165) is 25.7 Å². The summed E-state index contributed by atoms with van der Waals surface area (Å²) in [5.74, 6) is -0.733. The van der Waals surface area contributed by atoms with E-state index in [2.05, 4.69) is 6.92 Å². The van der Waals surface area contributed by atoms with E-state index < -0.39 is 16.0 Å². The van der Waals surface area contributed by atoms with Gasteiger partial charge in [-0.25, -0.2) is 12.7 Å². The molecule has 5 nitrogen and oxygen atoms in total. The Morgan fingerprint density at radius 3 is 2.65 bits per heavy atom. The second-order valence-corrected chi connectivity index (χ2v) is 6.65. The molecule has 1 aliphatic heterocycles. The summed E-state index contributed by atoms with van der Waals surface area (Å²) < 4.78 is 25.3. The van der Waals surface area contributed by atoms with Crippen molar-refractivity contribution in [1.29, 1.82) is 0 Å². The summed E-state index contributed by atoms with van der Waals surface area (Å²) in [7, 11) is -3.38. The van der Waals surface area contributed by atoms with Crippen LogP contribution in [0.25, 0.3) is 0 Å². The zero-order valence-corrected chi connectivity index (χ0v) is 11.1. The minimum atomic E-state index is -3.38. The highest BCUT2D eigenvalue weighted by atomic mass is 32.2. The van der Waals surface area contributed by atoms with Gasteiger partial charge in [0, 0.05) is 13.1 Å². The Balaban J connectivity index is 2.56. The average molecular weight is 263 g/mol. The largest absolute Gasteiger partial charge is 0.481 e. The van der Waals surface area contributed by atoms with Crippen LogP contribution in [-0.2, 0) is 14.8 Å². The number of carboxylic acid groups (broad SMARTS) is 1. The van der Waals surface area contributed by atoms with Gasteiger partial charge >= 0.3 is 5.97 Å². The second kappa shape index (κ2) is 6.35. The summed E-state index contributed by atoms with van der Waals surface area (Å²) in [5.41, 5.74) is 0. The van der Waals surface area contributed by atoms with E-state index in [0.29, 0.717) is 19.0 Å². The van der Waals surface area contributed by atoms with Gasteiger partial charge in [-0.15, -0.1) is 0 Å². The lowest BCUT2D eigenvalue weighted by atomic mass is 9.98. The highest BCUT2D eigenvalue weighted by Crippen LogP contribution is 2.22. The van der Waals surface area contributed by atoms with Crippen molar-refractivity contribution in [2.75, 3.05) is 18.8 Å². The van der Waals surface area contributed by atoms with Gasteiger partial charge in [0.1, 0.15) is 0 Å². The van der Waals surface area contributed by atoms with E-state index >= 15 is 0 Å². The fourth-order valence-electron chi connectivity index (χ4n) is 2.17. The third-order valence-electron chi connectivity index (χ3n) is 3.35. The van der Waals surface area contributed by atoms with Crippen LogP contribution in [0.3, 0.4) is 0 Å². The molecule has 1 atom stereocenters. The molecule has 0 spiro atoms. The Hall–Kier alpha value is -0.620. The van der Waals surface area contributed by atoms with E-state index in [4.69, 9.17) is 5.11 Å². The van der Waals surface area contributed by atoms with Crippen molar-refractivity contribution >= 4 is 16.0 Å². The van der Waals surface area contributed by atoms with Gasteiger partial charge < -0.3 is 5.11 Å². The van der Waals surface area contributed by atoms with Gasteiger partial charge in [-0.3, -0.25) is 4.79 Å². The van der Waals surface area contributed by atoms with Crippen LogP contribution in [0, 0.1) is 5.92 Å². The highest BCUT2D eigenvalue weighted by molar-refractivity contribution is 7.89. The first-order valence-corrected chi connectivity index (χ1v) is 7.76. The number of rotatable bonds is 5. The third kappa shape index (κ3) is 4.63. The zero-order valence-electron chi connectivity index (χ0n) is 10.3. The first-order valence-electron chi connectivity index (χ1n) is 6.15. The monoisotopic (exact) mass is 263 g/mol. The molecular weight excluding hydrogens is 242 g/mol. The van der Waals surface area contributed by atoms with Crippen molar-refractivity contribution < 1.29 is 18.3 Å². The van der Waals surface area contributed by atoms with Crippen LogP contribution >= 0.6 is 0 Å². The molecule has 0 aliphatic carbocycles. The maximum atomic E-state index is 11.9. The lowest BCUT2D eigenvalue weighted by Gasteiger charge is -2.19. The first-order chi connectivity index (χ1) is 7.95. The summed E-state index contributed by atoms with van der Waals surface area (Å²) in [6, 6.07) is 0. The van der Waals surface area contributed by atoms with E-state index in [-0.39, 0.29) is 12.2 Å². The van der Waals surface area contributed by atoms with Gasteiger partial charge in [0.05, 0.1) is 12.2 Å². The molecule has 1 saturated heterocycles. The lowest BCUT2D eigenvalue weighted by Crippen LogP contribution is -2.34. The first kappa shape index (κ1) is 14.4. The third-order valence-corrected chi connectivity index (χ3v) is 5.22. The molecule has 6 heteroatoms. The Bertz CT molecular complexity index is 352. The Morgan fingerprint density at radius 1 is 1.35 bits per heavy atom. The molecule has 0 aromatic rings. The number of sulfonamides is 1. The average Bonchev–Trinajstić information content (AvgIpc) is 2.52. The smallest absolute Gasteiger partial charge is 0.304 e. The van der Waals surface area contributed by atoms with Crippen molar-refractivity contribution in [2.24, 2.45) is 5.92 Å². The Labute approximate surface area is 103 Å². The molecule has 1 heterocycles. The minimum Gasteiger partial charge on any atom is -0.481 e. The molecule has 1 fully saturated rings. The molecule has 0 bridgehead atoms. The molecule has 1 unspecified atom stereocenters. The van der Waals surface area contributed by atoms with Crippen molar-refractivity contribution in [3.05, 3.63) is 0 Å². The fraction of sp³-hybridized carbons (Fsp3) is 0.909. The van der Waals surface area contributed by atoms with Gasteiger partial charge in [-0.05, 0) is 25.2 Å². The molecular formula is C11H21NO4S. The molecule has 100 valence electrons. The van der Waals surface area contributed by atoms with Crippen LogP contribution in [0.5, 0.6) is 0 Å². The minimum absolute atomic E-state index is 0.279. The quantitative estimate of drug-likeness (QED) is 0.811. The van der Waals surface area contributed by atoms with E-state index in [1.54, 1.807) is 0 Å². The van der Waals surface area contributed by atoms with Gasteiger partial charge in [0.15, 0.2) is 0 Å². The van der Waals surface area contributed by atoms with Gasteiger partial charge in [-0.2, -0.15) is 0 Å². The fourth-order valence-corrected chi connectivity index (χ4v) is 3.65. The van der Waals surface area contributed by atoms with Crippen LogP contribution in [0.1, 0.15) is 39.0 Å². The number of carbonyl (C=O) groups is 1. The van der Waals surface area contributed by atoms with Crippen LogP contribution in [0.4, 0.5) is 0 Å². The molecule has 1 rings (SSSR count). The van der Waals surface area contributed by atoms with Crippen molar-refractivity contribution in [2.45, 2.75) is 39.0 Å². The molecule has 0 saturated carbocycles. The van der Waals surface area contributed by atoms with E-state index in [9.17, 15) is 13.2 Å². The number of nitrogens with zero attached hydrogens (tertiary/aromatic N) is 1. The van der Waals surface area contributed by atoms with E-state index in [1.807, 2.05) is 0 Å². The maximum Gasteiger partial charge on any atom is 0.304 e. The predicted molar refractivity (Wildman–Crippen MR) is 65.2 cm³/mol. The summed E-state index contributed by atoms with van der Waals surface area (Å²) >= 11 is 0. The summed E-state index contributed by atoms with van der Waals surface area (Å²) in [4.78, 5) is 10.4. The molecule has 0 amide bonds. The zero-order chi connectivity index (χ0) is 12.9.